The third-order valence-corrected chi connectivity index (χ3v) is 5.77. The summed E-state index contributed by atoms with van der Waals surface area (Å²) < 4.78 is 11.7. The van der Waals surface area contributed by atoms with Crippen LogP contribution in [0.15, 0.2) is 23.2 Å². The second-order valence-electron chi connectivity index (χ2n) is 8.06. The van der Waals surface area contributed by atoms with E-state index in [0.29, 0.717) is 12.2 Å². The van der Waals surface area contributed by atoms with Crippen molar-refractivity contribution in [2.24, 2.45) is 4.99 Å². The van der Waals surface area contributed by atoms with E-state index in [1.165, 1.54) is 23.2 Å². The SMILES string of the molecule is CN=C(NCc1ccc(N(C)C)cc1C)N1CCC(OCC2CCCO2)CC1.I. The lowest BCUT2D eigenvalue weighted by Gasteiger charge is -2.34. The molecule has 1 unspecified atom stereocenters. The number of halogens is 1. The van der Waals surface area contributed by atoms with Crippen LogP contribution in [0, 0.1) is 6.92 Å². The molecule has 7 heteroatoms. The maximum atomic E-state index is 6.09. The number of hydrogen-bond donors (Lipinski definition) is 1. The van der Waals surface area contributed by atoms with Gasteiger partial charge in [0.15, 0.2) is 5.96 Å². The van der Waals surface area contributed by atoms with Gasteiger partial charge in [0.1, 0.15) is 0 Å². The van der Waals surface area contributed by atoms with Gasteiger partial charge in [-0.3, -0.25) is 4.99 Å². The Bertz CT molecular complexity index is 654. The molecule has 2 heterocycles. The molecule has 1 N–H and O–H groups in total. The van der Waals surface area contributed by atoms with Gasteiger partial charge in [-0.2, -0.15) is 0 Å². The Morgan fingerprint density at radius 2 is 2.03 bits per heavy atom. The molecule has 6 nitrogen and oxygen atoms in total. The first kappa shape index (κ1) is 24.2. The molecular weight excluding hydrogens is 479 g/mol. The van der Waals surface area contributed by atoms with Crippen LogP contribution in [0.3, 0.4) is 0 Å². The van der Waals surface area contributed by atoms with E-state index in [9.17, 15) is 0 Å². The molecule has 164 valence electrons. The minimum Gasteiger partial charge on any atom is -0.378 e. The number of piperidine rings is 1. The van der Waals surface area contributed by atoms with Crippen LogP contribution in [-0.2, 0) is 16.0 Å². The fraction of sp³-hybridized carbons (Fsp3) is 0.682. The third-order valence-electron chi connectivity index (χ3n) is 5.77. The van der Waals surface area contributed by atoms with Crippen molar-refractivity contribution in [2.75, 3.05) is 52.3 Å². The van der Waals surface area contributed by atoms with Crippen LogP contribution >= 0.6 is 24.0 Å². The van der Waals surface area contributed by atoms with E-state index in [0.717, 1.165) is 58.1 Å². The monoisotopic (exact) mass is 516 g/mol. The summed E-state index contributed by atoms with van der Waals surface area (Å²) in [6, 6.07) is 6.61. The van der Waals surface area contributed by atoms with Crippen molar-refractivity contribution >= 4 is 35.6 Å². The molecule has 1 aromatic rings. The molecule has 3 rings (SSSR count). The maximum Gasteiger partial charge on any atom is 0.193 e. The molecule has 0 spiro atoms. The molecule has 2 fully saturated rings. The standard InChI is InChI=1S/C22H36N4O2.HI/c1-17-14-19(25(3)4)8-7-18(17)15-24-22(23-2)26-11-9-20(10-12-26)28-16-21-6-5-13-27-21;/h7-8,14,20-21H,5-6,9-13,15-16H2,1-4H3,(H,23,24);1H. The lowest BCUT2D eigenvalue weighted by molar-refractivity contribution is -0.0367. The summed E-state index contributed by atoms with van der Waals surface area (Å²) in [5, 5.41) is 3.54. The summed E-state index contributed by atoms with van der Waals surface area (Å²) in [4.78, 5) is 8.97. The summed E-state index contributed by atoms with van der Waals surface area (Å²) in [6.45, 7) is 6.57. The number of aliphatic imine (C=N–C) groups is 1. The number of rotatable bonds is 6. The van der Waals surface area contributed by atoms with Crippen LogP contribution in [0.4, 0.5) is 5.69 Å². The number of aryl methyl sites for hydroxylation is 1. The molecule has 0 aromatic heterocycles. The number of benzene rings is 1. The lowest BCUT2D eigenvalue weighted by atomic mass is 10.1. The van der Waals surface area contributed by atoms with Gasteiger partial charge in [-0.05, 0) is 55.9 Å². The smallest absolute Gasteiger partial charge is 0.193 e. The van der Waals surface area contributed by atoms with Crippen LogP contribution in [-0.4, -0.2) is 70.5 Å². The molecule has 0 amide bonds. The van der Waals surface area contributed by atoms with Crippen LogP contribution in [0.5, 0.6) is 0 Å². The van der Waals surface area contributed by atoms with Gasteiger partial charge >= 0.3 is 0 Å². The minimum atomic E-state index is 0. The maximum absolute atomic E-state index is 6.09. The van der Waals surface area contributed by atoms with Crippen LogP contribution in [0.1, 0.15) is 36.8 Å². The number of nitrogens with one attached hydrogen (secondary N) is 1. The highest BCUT2D eigenvalue weighted by atomic mass is 127. The van der Waals surface area contributed by atoms with Crippen LogP contribution < -0.4 is 10.2 Å². The van der Waals surface area contributed by atoms with Crippen molar-refractivity contribution in [3.63, 3.8) is 0 Å². The fourth-order valence-corrected chi connectivity index (χ4v) is 3.92. The second kappa shape index (κ2) is 12.0. The Hall–Kier alpha value is -1.06. The normalized spacial score (nSPS) is 20.5. The third kappa shape index (κ3) is 7.00. The number of ether oxygens (including phenoxy) is 2. The highest BCUT2D eigenvalue weighted by Gasteiger charge is 2.24. The molecule has 0 aliphatic carbocycles. The van der Waals surface area contributed by atoms with Gasteiger partial charge in [-0.25, -0.2) is 0 Å². The molecule has 2 aliphatic heterocycles. The summed E-state index contributed by atoms with van der Waals surface area (Å²) >= 11 is 0. The van der Waals surface area contributed by atoms with Crippen molar-refractivity contribution < 1.29 is 9.47 Å². The highest BCUT2D eigenvalue weighted by Crippen LogP contribution is 2.19. The average molecular weight is 516 g/mol. The molecule has 1 atom stereocenters. The Balaban J connectivity index is 0.00000300. The molecule has 1 aromatic carbocycles. The van der Waals surface area contributed by atoms with E-state index in [1.54, 1.807) is 0 Å². The molecule has 29 heavy (non-hydrogen) atoms. The zero-order valence-corrected chi connectivity index (χ0v) is 20.6. The number of nitrogens with zero attached hydrogens (tertiary/aromatic N) is 3. The topological polar surface area (TPSA) is 49.3 Å². The Kier molecular flexibility index (Phi) is 9.98. The first-order valence-corrected chi connectivity index (χ1v) is 10.5. The Morgan fingerprint density at radius 1 is 1.28 bits per heavy atom. The van der Waals surface area contributed by atoms with E-state index in [4.69, 9.17) is 9.47 Å². The van der Waals surface area contributed by atoms with E-state index >= 15 is 0 Å². The van der Waals surface area contributed by atoms with E-state index in [1.807, 2.05) is 7.05 Å². The molecule has 0 bridgehead atoms. The average Bonchev–Trinajstić information content (AvgIpc) is 3.22. The van der Waals surface area contributed by atoms with Gasteiger partial charge in [-0.1, -0.05) is 6.07 Å². The number of likely N-dealkylation sites (tertiary alicyclic amines) is 1. The zero-order valence-electron chi connectivity index (χ0n) is 18.3. The summed E-state index contributed by atoms with van der Waals surface area (Å²) in [7, 11) is 6.01. The van der Waals surface area contributed by atoms with Gasteiger partial charge in [0.2, 0.25) is 0 Å². The molecule has 0 saturated carbocycles. The van der Waals surface area contributed by atoms with Gasteiger partial charge in [0.05, 0.1) is 18.8 Å². The molecule has 2 aliphatic rings. The molecule has 0 radical (unpaired) electrons. The molecule has 2 saturated heterocycles. The quantitative estimate of drug-likeness (QED) is 0.357. The van der Waals surface area contributed by atoms with E-state index in [-0.39, 0.29) is 24.0 Å². The minimum absolute atomic E-state index is 0. The number of anilines is 1. The number of guanidine groups is 1. The Labute approximate surface area is 193 Å². The van der Waals surface area contributed by atoms with Crippen LogP contribution in [0.2, 0.25) is 0 Å². The van der Waals surface area contributed by atoms with Gasteiger partial charge in [0.25, 0.3) is 0 Å². The predicted octanol–water partition coefficient (Wildman–Crippen LogP) is 3.41. The summed E-state index contributed by atoms with van der Waals surface area (Å²) in [5.74, 6) is 0.980. The zero-order chi connectivity index (χ0) is 19.9. The first-order valence-electron chi connectivity index (χ1n) is 10.5. The van der Waals surface area contributed by atoms with E-state index in [2.05, 4.69) is 59.3 Å². The van der Waals surface area contributed by atoms with Crippen molar-refractivity contribution in [2.45, 2.75) is 51.4 Å². The lowest BCUT2D eigenvalue weighted by Crippen LogP contribution is -2.47. The first-order chi connectivity index (χ1) is 13.6. The fourth-order valence-electron chi connectivity index (χ4n) is 3.92. The van der Waals surface area contributed by atoms with Gasteiger partial charge in [0, 0.05) is 53.1 Å². The second-order valence-corrected chi connectivity index (χ2v) is 8.06. The van der Waals surface area contributed by atoms with Crippen molar-refractivity contribution in [1.82, 2.24) is 10.2 Å². The van der Waals surface area contributed by atoms with Crippen molar-refractivity contribution in [3.8, 4) is 0 Å². The largest absolute Gasteiger partial charge is 0.378 e. The number of hydrogen-bond acceptors (Lipinski definition) is 4. The highest BCUT2D eigenvalue weighted by molar-refractivity contribution is 14.0. The van der Waals surface area contributed by atoms with Crippen molar-refractivity contribution in [3.05, 3.63) is 29.3 Å². The van der Waals surface area contributed by atoms with Gasteiger partial charge in [-0.15, -0.1) is 24.0 Å². The van der Waals surface area contributed by atoms with Crippen LogP contribution in [0.25, 0.3) is 0 Å². The molecular formula is C22H37IN4O2. The predicted molar refractivity (Wildman–Crippen MR) is 131 cm³/mol. The summed E-state index contributed by atoms with van der Waals surface area (Å²) in [5.41, 5.74) is 3.84. The summed E-state index contributed by atoms with van der Waals surface area (Å²) in [6.07, 6.45) is 5.07. The van der Waals surface area contributed by atoms with Crippen molar-refractivity contribution in [1.29, 1.82) is 0 Å². The Morgan fingerprint density at radius 3 is 2.62 bits per heavy atom. The van der Waals surface area contributed by atoms with Gasteiger partial charge < -0.3 is 24.6 Å². The van der Waals surface area contributed by atoms with E-state index < -0.39 is 0 Å².